The van der Waals surface area contributed by atoms with Gasteiger partial charge in [-0.25, -0.2) is 0 Å². The van der Waals surface area contributed by atoms with Crippen LogP contribution in [0.1, 0.15) is 28.7 Å². The smallest absolute Gasteiger partial charge is 0.00426 e. The van der Waals surface area contributed by atoms with Crippen LogP contribution in [0.15, 0.2) is 24.3 Å². The molecule has 0 atom stereocenters. The van der Waals surface area contributed by atoms with E-state index in [1.165, 1.54) is 22.3 Å². The van der Waals surface area contributed by atoms with Crippen molar-refractivity contribution in [2.75, 3.05) is 6.54 Å². The first-order chi connectivity index (χ1) is 7.15. The Kier molecular flexibility index (Phi) is 4.57. The van der Waals surface area contributed by atoms with Crippen molar-refractivity contribution < 1.29 is 0 Å². The number of aryl methyl sites for hydroxylation is 3. The largest absolute Gasteiger partial charge is 0.330 e. The van der Waals surface area contributed by atoms with Crippen LogP contribution in [0.5, 0.6) is 0 Å². The molecular formula is C14H21N. The lowest BCUT2D eigenvalue weighted by Crippen LogP contribution is -1.96. The fourth-order valence-corrected chi connectivity index (χ4v) is 1.95. The van der Waals surface area contributed by atoms with Crippen molar-refractivity contribution in [3.63, 3.8) is 0 Å². The van der Waals surface area contributed by atoms with Crippen molar-refractivity contribution in [2.45, 2.75) is 33.6 Å². The first-order valence-corrected chi connectivity index (χ1v) is 5.57. The zero-order valence-corrected chi connectivity index (χ0v) is 10.0. The molecule has 1 heteroatoms. The molecule has 1 nitrogen and oxygen atoms in total. The molecule has 0 radical (unpaired) electrons. The molecule has 1 aromatic carbocycles. The van der Waals surface area contributed by atoms with Crippen LogP contribution in [0.4, 0.5) is 0 Å². The number of hydrogen-bond donors (Lipinski definition) is 1. The molecule has 0 saturated heterocycles. The maximum atomic E-state index is 5.44. The van der Waals surface area contributed by atoms with E-state index >= 15 is 0 Å². The summed E-state index contributed by atoms with van der Waals surface area (Å²) in [4.78, 5) is 0. The van der Waals surface area contributed by atoms with Crippen molar-refractivity contribution in [2.24, 2.45) is 5.73 Å². The topological polar surface area (TPSA) is 26.0 Å². The second kappa shape index (κ2) is 5.72. The number of hydrogen-bond acceptors (Lipinski definition) is 1. The summed E-state index contributed by atoms with van der Waals surface area (Å²) < 4.78 is 0. The Hall–Kier alpha value is -1.08. The van der Waals surface area contributed by atoms with Gasteiger partial charge < -0.3 is 5.73 Å². The second-order valence-corrected chi connectivity index (χ2v) is 4.13. The maximum Gasteiger partial charge on any atom is -0.00426 e. The van der Waals surface area contributed by atoms with E-state index in [4.69, 9.17) is 5.73 Å². The lowest BCUT2D eigenvalue weighted by molar-refractivity contribution is 0.999. The van der Waals surface area contributed by atoms with Crippen molar-refractivity contribution >= 4 is 0 Å². The van der Waals surface area contributed by atoms with Gasteiger partial charge in [-0.05, 0) is 56.8 Å². The molecule has 2 N–H and O–H groups in total. The van der Waals surface area contributed by atoms with Crippen LogP contribution in [-0.4, -0.2) is 6.54 Å². The second-order valence-electron chi connectivity index (χ2n) is 4.13. The van der Waals surface area contributed by atoms with E-state index in [0.29, 0.717) is 0 Å². The Balaban J connectivity index is 2.77. The van der Waals surface area contributed by atoms with E-state index in [0.717, 1.165) is 19.4 Å². The molecule has 0 aliphatic carbocycles. The fourth-order valence-electron chi connectivity index (χ4n) is 1.95. The number of benzene rings is 1. The Labute approximate surface area is 93.0 Å². The summed E-state index contributed by atoms with van der Waals surface area (Å²) in [5.41, 5.74) is 11.0. The SMILES string of the molecule is Cc1cc(C)c(CC=CCCN)c(C)c1. The lowest BCUT2D eigenvalue weighted by Gasteiger charge is -2.08. The molecule has 0 fully saturated rings. The summed E-state index contributed by atoms with van der Waals surface area (Å²) in [5, 5.41) is 0. The third kappa shape index (κ3) is 3.52. The Morgan fingerprint density at radius 1 is 1.07 bits per heavy atom. The van der Waals surface area contributed by atoms with Gasteiger partial charge in [-0.1, -0.05) is 29.8 Å². The minimum Gasteiger partial charge on any atom is -0.330 e. The Morgan fingerprint density at radius 2 is 1.67 bits per heavy atom. The molecule has 0 aliphatic heterocycles. The predicted octanol–water partition coefficient (Wildman–Crippen LogP) is 3.06. The summed E-state index contributed by atoms with van der Waals surface area (Å²) in [7, 11) is 0. The normalized spacial score (nSPS) is 11.2. The van der Waals surface area contributed by atoms with Crippen molar-refractivity contribution in [1.29, 1.82) is 0 Å². The van der Waals surface area contributed by atoms with E-state index in [9.17, 15) is 0 Å². The molecule has 0 aromatic heterocycles. The zero-order chi connectivity index (χ0) is 11.3. The summed E-state index contributed by atoms with van der Waals surface area (Å²) >= 11 is 0. The third-order valence-electron chi connectivity index (χ3n) is 2.66. The van der Waals surface area contributed by atoms with Crippen LogP contribution in [0.3, 0.4) is 0 Å². The zero-order valence-electron chi connectivity index (χ0n) is 10.0. The van der Waals surface area contributed by atoms with Gasteiger partial charge in [0.25, 0.3) is 0 Å². The number of nitrogens with two attached hydrogens (primary N) is 1. The van der Waals surface area contributed by atoms with Gasteiger partial charge in [0.15, 0.2) is 0 Å². The van der Waals surface area contributed by atoms with Gasteiger partial charge >= 0.3 is 0 Å². The maximum absolute atomic E-state index is 5.44. The minimum atomic E-state index is 0.738. The lowest BCUT2D eigenvalue weighted by atomic mass is 9.97. The van der Waals surface area contributed by atoms with Crippen molar-refractivity contribution in [1.82, 2.24) is 0 Å². The predicted molar refractivity (Wildman–Crippen MR) is 67.2 cm³/mol. The van der Waals surface area contributed by atoms with Gasteiger partial charge in [-0.2, -0.15) is 0 Å². The molecule has 1 aromatic rings. The highest BCUT2D eigenvalue weighted by molar-refractivity contribution is 5.38. The average molecular weight is 203 g/mol. The van der Waals surface area contributed by atoms with Crippen LogP contribution in [-0.2, 0) is 6.42 Å². The van der Waals surface area contributed by atoms with Gasteiger partial charge in [0.05, 0.1) is 0 Å². The quantitative estimate of drug-likeness (QED) is 0.748. The average Bonchev–Trinajstić information content (AvgIpc) is 2.15. The van der Waals surface area contributed by atoms with Crippen LogP contribution in [0.25, 0.3) is 0 Å². The standard InChI is InChI=1S/C14H21N/c1-11-9-12(2)14(13(3)10-11)7-5-4-6-8-15/h4-5,9-10H,6-8,15H2,1-3H3. The molecule has 15 heavy (non-hydrogen) atoms. The summed E-state index contributed by atoms with van der Waals surface area (Å²) in [5.74, 6) is 0. The first kappa shape index (κ1) is 12.0. The van der Waals surface area contributed by atoms with Gasteiger partial charge in [0.1, 0.15) is 0 Å². The number of rotatable bonds is 4. The highest BCUT2D eigenvalue weighted by Crippen LogP contribution is 2.17. The van der Waals surface area contributed by atoms with Crippen LogP contribution in [0.2, 0.25) is 0 Å². The summed E-state index contributed by atoms with van der Waals surface area (Å²) in [6, 6.07) is 4.50. The molecular weight excluding hydrogens is 182 g/mol. The summed E-state index contributed by atoms with van der Waals surface area (Å²) in [6.07, 6.45) is 6.39. The molecule has 0 saturated carbocycles. The van der Waals surface area contributed by atoms with Crippen LogP contribution < -0.4 is 5.73 Å². The molecule has 0 heterocycles. The van der Waals surface area contributed by atoms with Crippen LogP contribution in [0, 0.1) is 20.8 Å². The highest BCUT2D eigenvalue weighted by Gasteiger charge is 2.01. The van der Waals surface area contributed by atoms with Gasteiger partial charge in [-0.3, -0.25) is 0 Å². The van der Waals surface area contributed by atoms with Gasteiger partial charge in [0, 0.05) is 0 Å². The summed E-state index contributed by atoms with van der Waals surface area (Å²) in [6.45, 7) is 7.26. The first-order valence-electron chi connectivity index (χ1n) is 5.57. The van der Waals surface area contributed by atoms with E-state index in [-0.39, 0.29) is 0 Å². The van der Waals surface area contributed by atoms with Crippen molar-refractivity contribution in [3.05, 3.63) is 46.5 Å². The number of allylic oxidation sites excluding steroid dienone is 1. The van der Waals surface area contributed by atoms with Crippen LogP contribution >= 0.6 is 0 Å². The molecule has 0 bridgehead atoms. The molecule has 0 amide bonds. The molecule has 0 unspecified atom stereocenters. The van der Waals surface area contributed by atoms with Crippen molar-refractivity contribution in [3.8, 4) is 0 Å². The van der Waals surface area contributed by atoms with E-state index in [1.54, 1.807) is 0 Å². The van der Waals surface area contributed by atoms with Gasteiger partial charge in [-0.15, -0.1) is 0 Å². The minimum absolute atomic E-state index is 0.738. The Morgan fingerprint density at radius 3 is 2.20 bits per heavy atom. The Bertz CT molecular complexity index is 327. The van der Waals surface area contributed by atoms with E-state index < -0.39 is 0 Å². The third-order valence-corrected chi connectivity index (χ3v) is 2.66. The fraction of sp³-hybridized carbons (Fsp3) is 0.429. The highest BCUT2D eigenvalue weighted by atomic mass is 14.5. The molecule has 0 aliphatic rings. The monoisotopic (exact) mass is 203 g/mol. The molecule has 82 valence electrons. The van der Waals surface area contributed by atoms with Gasteiger partial charge in [0.2, 0.25) is 0 Å². The van der Waals surface area contributed by atoms with E-state index in [2.05, 4.69) is 45.1 Å². The van der Waals surface area contributed by atoms with E-state index in [1.807, 2.05) is 0 Å². The molecule has 0 spiro atoms. The molecule has 1 rings (SSSR count).